The number of fused-ring (bicyclic) bond motifs is 1. The van der Waals surface area contributed by atoms with Crippen molar-refractivity contribution in [3.05, 3.63) is 35.5 Å². The monoisotopic (exact) mass is 392 g/mol. The number of allylic oxidation sites excluding steroid dienone is 1. The Hall–Kier alpha value is -2.25. The predicted molar refractivity (Wildman–Crippen MR) is 101 cm³/mol. The van der Waals surface area contributed by atoms with Crippen molar-refractivity contribution in [2.75, 3.05) is 13.7 Å². The molecule has 0 spiro atoms. The highest BCUT2D eigenvalue weighted by Gasteiger charge is 2.48. The molecule has 1 aliphatic heterocycles. The zero-order valence-corrected chi connectivity index (χ0v) is 16.6. The Labute approximate surface area is 165 Å². The molecule has 0 bridgehead atoms. The van der Waals surface area contributed by atoms with Crippen LogP contribution >= 0.6 is 0 Å². The maximum absolute atomic E-state index is 12.6. The number of esters is 2. The fourth-order valence-corrected chi connectivity index (χ4v) is 3.43. The first kappa shape index (κ1) is 22.0. The van der Waals surface area contributed by atoms with E-state index < -0.39 is 36.2 Å². The second kappa shape index (κ2) is 9.80. The number of methoxy groups -OCH3 is 1. The first-order valence-electron chi connectivity index (χ1n) is 9.46. The zero-order valence-electron chi connectivity index (χ0n) is 16.6. The number of carbonyl (C=O) groups excluding carboxylic acids is 3. The fourth-order valence-electron chi connectivity index (χ4n) is 3.43. The Morgan fingerprint density at radius 3 is 2.79 bits per heavy atom. The van der Waals surface area contributed by atoms with Gasteiger partial charge in [0.05, 0.1) is 18.4 Å². The third-order valence-corrected chi connectivity index (χ3v) is 5.35. The molecule has 28 heavy (non-hydrogen) atoms. The van der Waals surface area contributed by atoms with Gasteiger partial charge in [-0.2, -0.15) is 0 Å². The Kier molecular flexibility index (Phi) is 7.71. The summed E-state index contributed by atoms with van der Waals surface area (Å²) in [5.74, 6) is -2.13. The summed E-state index contributed by atoms with van der Waals surface area (Å²) >= 11 is 0. The van der Waals surface area contributed by atoms with Crippen LogP contribution in [0.1, 0.15) is 33.1 Å². The normalized spacial score (nSPS) is 32.9. The van der Waals surface area contributed by atoms with Crippen molar-refractivity contribution in [2.45, 2.75) is 51.4 Å². The highest BCUT2D eigenvalue weighted by Crippen LogP contribution is 2.37. The molecule has 0 amide bonds. The first-order valence-corrected chi connectivity index (χ1v) is 9.46. The van der Waals surface area contributed by atoms with Gasteiger partial charge < -0.3 is 19.3 Å². The van der Waals surface area contributed by atoms with E-state index in [0.717, 1.165) is 0 Å². The third kappa shape index (κ3) is 4.59. The van der Waals surface area contributed by atoms with E-state index in [-0.39, 0.29) is 18.1 Å². The van der Waals surface area contributed by atoms with E-state index in [1.807, 2.05) is 6.92 Å². The average molecular weight is 392 g/mol. The van der Waals surface area contributed by atoms with Gasteiger partial charge >= 0.3 is 11.9 Å². The Bertz CT molecular complexity index is 691. The molecule has 0 radical (unpaired) electrons. The minimum atomic E-state index is -0.971. The molecule has 2 aliphatic rings. The van der Waals surface area contributed by atoms with Crippen LogP contribution in [0.15, 0.2) is 35.5 Å². The molecule has 0 aromatic carbocycles. The van der Waals surface area contributed by atoms with E-state index in [1.54, 1.807) is 19.1 Å². The maximum atomic E-state index is 12.6. The summed E-state index contributed by atoms with van der Waals surface area (Å²) in [6, 6.07) is 0. The van der Waals surface area contributed by atoms with Gasteiger partial charge in [-0.3, -0.25) is 9.59 Å². The molecule has 0 aromatic rings. The smallest absolute Gasteiger partial charge is 0.334 e. The third-order valence-electron chi connectivity index (χ3n) is 5.35. The Morgan fingerprint density at radius 2 is 2.21 bits per heavy atom. The van der Waals surface area contributed by atoms with Crippen molar-refractivity contribution in [1.29, 1.82) is 0 Å². The molecular weight excluding hydrogens is 364 g/mol. The highest BCUT2D eigenvalue weighted by atomic mass is 16.6. The van der Waals surface area contributed by atoms with E-state index in [0.29, 0.717) is 36.7 Å². The van der Waals surface area contributed by atoms with Gasteiger partial charge in [0.25, 0.3) is 0 Å². The van der Waals surface area contributed by atoms with Crippen LogP contribution in [-0.2, 0) is 28.6 Å². The van der Waals surface area contributed by atoms with Gasteiger partial charge in [0.15, 0.2) is 0 Å². The molecule has 0 aromatic heterocycles. The second-order valence-corrected chi connectivity index (χ2v) is 7.13. The molecule has 2 rings (SSSR count). The summed E-state index contributed by atoms with van der Waals surface area (Å²) in [4.78, 5) is 36.5. The van der Waals surface area contributed by atoms with Crippen LogP contribution in [0.25, 0.3) is 0 Å². The number of carbonyl (C=O) groups is 3. The number of aliphatic hydroxyl groups excluding tert-OH is 1. The van der Waals surface area contributed by atoms with Crippen molar-refractivity contribution in [1.82, 2.24) is 0 Å². The summed E-state index contributed by atoms with van der Waals surface area (Å²) in [6.07, 6.45) is 3.01. The predicted octanol–water partition coefficient (Wildman–Crippen LogP) is 1.89. The fraction of sp³-hybridized carbons (Fsp3) is 0.571. The topological polar surface area (TPSA) is 99.1 Å². The van der Waals surface area contributed by atoms with Gasteiger partial charge in [-0.05, 0) is 30.9 Å². The molecule has 154 valence electrons. The molecule has 1 N–H and O–H groups in total. The van der Waals surface area contributed by atoms with E-state index in [9.17, 15) is 19.5 Å². The lowest BCUT2D eigenvalue weighted by Gasteiger charge is -2.33. The average Bonchev–Trinajstić information content (AvgIpc) is 2.97. The molecule has 7 heteroatoms. The minimum Gasteiger partial charge on any atom is -0.458 e. The minimum absolute atomic E-state index is 0.147. The summed E-state index contributed by atoms with van der Waals surface area (Å²) in [7, 11) is 1.42. The van der Waals surface area contributed by atoms with Crippen molar-refractivity contribution < 1.29 is 33.7 Å². The number of rotatable bonds is 6. The molecule has 1 saturated heterocycles. The van der Waals surface area contributed by atoms with Crippen LogP contribution in [0.4, 0.5) is 0 Å². The quantitative estimate of drug-likeness (QED) is 0.319. The van der Waals surface area contributed by atoms with Gasteiger partial charge in [0.2, 0.25) is 0 Å². The van der Waals surface area contributed by atoms with Crippen molar-refractivity contribution in [2.24, 2.45) is 11.8 Å². The molecular formula is C21H28O7. The van der Waals surface area contributed by atoms with Crippen LogP contribution in [0.2, 0.25) is 0 Å². The van der Waals surface area contributed by atoms with Crippen LogP contribution in [0.5, 0.6) is 0 Å². The largest absolute Gasteiger partial charge is 0.458 e. The highest BCUT2D eigenvalue weighted by molar-refractivity contribution is 5.91. The van der Waals surface area contributed by atoms with E-state index in [4.69, 9.17) is 14.2 Å². The van der Waals surface area contributed by atoms with Crippen LogP contribution in [0, 0.1) is 11.8 Å². The standard InChI is InChI=1S/C21H28O7/c1-5-12(2)20(24)28-19-17-13(3)21(25)27-16(17)9-14(10-22)7-6-8-15(11-23)18(19)26-4/h8-9,11-12,16-19,22H,3,5-7,10H2,1-2,4H3/b14-9-,15-8+. The van der Waals surface area contributed by atoms with E-state index in [1.165, 1.54) is 7.11 Å². The van der Waals surface area contributed by atoms with Gasteiger partial charge in [-0.25, -0.2) is 4.79 Å². The van der Waals surface area contributed by atoms with Crippen molar-refractivity contribution >= 4 is 18.2 Å². The lowest BCUT2D eigenvalue weighted by atomic mass is 9.83. The van der Waals surface area contributed by atoms with E-state index >= 15 is 0 Å². The summed E-state index contributed by atoms with van der Waals surface area (Å²) < 4.78 is 16.7. The van der Waals surface area contributed by atoms with Gasteiger partial charge in [-0.1, -0.05) is 26.5 Å². The van der Waals surface area contributed by atoms with Crippen LogP contribution in [-0.4, -0.2) is 55.4 Å². The van der Waals surface area contributed by atoms with Crippen molar-refractivity contribution in [3.8, 4) is 0 Å². The number of hydrogen-bond acceptors (Lipinski definition) is 7. The Balaban J connectivity index is 2.56. The number of hydrogen-bond donors (Lipinski definition) is 1. The molecule has 1 fully saturated rings. The van der Waals surface area contributed by atoms with Crippen LogP contribution < -0.4 is 0 Å². The van der Waals surface area contributed by atoms with Gasteiger partial charge in [0.1, 0.15) is 24.6 Å². The molecule has 1 heterocycles. The number of aliphatic hydroxyl groups is 1. The first-order chi connectivity index (χ1) is 13.4. The Morgan fingerprint density at radius 1 is 1.50 bits per heavy atom. The van der Waals surface area contributed by atoms with Gasteiger partial charge in [0, 0.05) is 18.3 Å². The summed E-state index contributed by atoms with van der Waals surface area (Å²) in [6.45, 7) is 7.22. The molecule has 5 unspecified atom stereocenters. The zero-order chi connectivity index (χ0) is 20.8. The second-order valence-electron chi connectivity index (χ2n) is 7.13. The molecule has 0 saturated carbocycles. The SMILES string of the molecule is C=C1C(=O)OC2/C=C(\CO)CC/C=C(\C=O)C(OC)C(OC(=O)C(C)CC)C12. The molecule has 7 nitrogen and oxygen atoms in total. The number of aldehydes is 1. The lowest BCUT2D eigenvalue weighted by molar-refractivity contribution is -0.164. The van der Waals surface area contributed by atoms with E-state index in [2.05, 4.69) is 6.58 Å². The summed E-state index contributed by atoms with van der Waals surface area (Å²) in [5.41, 5.74) is 1.13. The van der Waals surface area contributed by atoms with Gasteiger partial charge in [-0.15, -0.1) is 0 Å². The summed E-state index contributed by atoms with van der Waals surface area (Å²) in [5, 5.41) is 9.63. The van der Waals surface area contributed by atoms with Crippen molar-refractivity contribution in [3.63, 3.8) is 0 Å². The lowest BCUT2D eigenvalue weighted by Crippen LogP contribution is -2.44. The molecule has 1 aliphatic carbocycles. The number of ether oxygens (including phenoxy) is 3. The maximum Gasteiger partial charge on any atom is 0.334 e. The molecule has 5 atom stereocenters. The van der Waals surface area contributed by atoms with Crippen LogP contribution in [0.3, 0.4) is 0 Å².